The number of benzene rings is 2. The molecule has 0 amide bonds. The summed E-state index contributed by atoms with van der Waals surface area (Å²) >= 11 is 8.08. The predicted molar refractivity (Wildman–Crippen MR) is 234 cm³/mol. The SMILES string of the molecule is C=C/C(CC(Oc1nsc2cnc(-c3ccc(F)c(F)c3)c(-c3ccc(OCCN4CCN(C)CC4)c(Cl)c3C)c12)C(O)O)=C(\C)OCc1ccnc(C(=C/C)/C(O)=C\C)n1. The predicted octanol–water partition coefficient (Wildman–Crippen LogP) is 8.67. The number of aromatic nitrogens is 4. The summed E-state index contributed by atoms with van der Waals surface area (Å²) in [6.45, 7) is 16.1. The Labute approximate surface area is 362 Å². The van der Waals surface area contributed by atoms with Gasteiger partial charge in [0.05, 0.1) is 37.8 Å². The first-order chi connectivity index (χ1) is 29.3. The Bertz CT molecular complexity index is 2470. The minimum absolute atomic E-state index is 0.0430. The zero-order chi connectivity index (χ0) is 43.8. The van der Waals surface area contributed by atoms with Crippen LogP contribution in [0.2, 0.25) is 5.02 Å². The minimum atomic E-state index is -1.98. The molecule has 2 aromatic carbocycles. The van der Waals surface area contributed by atoms with Crippen molar-refractivity contribution < 1.29 is 38.3 Å². The van der Waals surface area contributed by atoms with Crippen LogP contribution in [-0.2, 0) is 11.3 Å². The lowest BCUT2D eigenvalue weighted by atomic mass is 9.93. The second-order valence-electron chi connectivity index (χ2n) is 14.5. The third kappa shape index (κ3) is 10.6. The molecule has 12 nitrogen and oxygen atoms in total. The average molecular weight is 875 g/mol. The molecule has 1 atom stereocenters. The fourth-order valence-corrected chi connectivity index (χ4v) is 7.80. The van der Waals surface area contributed by atoms with Crippen LogP contribution in [0.15, 0.2) is 90.7 Å². The molecule has 0 saturated carbocycles. The van der Waals surface area contributed by atoms with Gasteiger partial charge in [0, 0.05) is 62.7 Å². The van der Waals surface area contributed by atoms with Crippen molar-refractivity contribution in [1.82, 2.24) is 29.1 Å². The smallest absolute Gasteiger partial charge is 0.234 e. The summed E-state index contributed by atoms with van der Waals surface area (Å²) in [4.78, 5) is 18.1. The number of hydrogen-bond acceptors (Lipinski definition) is 13. The molecule has 1 aliphatic heterocycles. The third-order valence-electron chi connectivity index (χ3n) is 10.5. The lowest BCUT2D eigenvalue weighted by Crippen LogP contribution is -2.45. The van der Waals surface area contributed by atoms with Gasteiger partial charge in [-0.25, -0.2) is 18.7 Å². The van der Waals surface area contributed by atoms with Gasteiger partial charge in [-0.3, -0.25) is 9.88 Å². The van der Waals surface area contributed by atoms with E-state index in [2.05, 4.69) is 37.8 Å². The number of ether oxygens (including phenoxy) is 3. The van der Waals surface area contributed by atoms with E-state index in [1.807, 2.05) is 13.0 Å². The van der Waals surface area contributed by atoms with Crippen molar-refractivity contribution in [3.8, 4) is 34.0 Å². The highest BCUT2D eigenvalue weighted by Gasteiger charge is 2.28. The van der Waals surface area contributed by atoms with Crippen molar-refractivity contribution in [2.75, 3.05) is 46.4 Å². The Morgan fingerprint density at radius 3 is 2.51 bits per heavy atom. The summed E-state index contributed by atoms with van der Waals surface area (Å²) in [6.07, 6.45) is 4.64. The van der Waals surface area contributed by atoms with Crippen molar-refractivity contribution in [3.05, 3.63) is 124 Å². The second kappa shape index (κ2) is 20.5. The van der Waals surface area contributed by atoms with Crippen molar-refractivity contribution in [3.63, 3.8) is 0 Å². The summed E-state index contributed by atoms with van der Waals surface area (Å²) in [7, 11) is 2.11. The Kier molecular flexibility index (Phi) is 15.2. The first kappa shape index (κ1) is 45.2. The highest BCUT2D eigenvalue weighted by atomic mass is 35.5. The number of pyridine rings is 1. The molecule has 5 aromatic rings. The van der Waals surface area contributed by atoms with Crippen LogP contribution in [-0.4, -0.2) is 103 Å². The highest BCUT2D eigenvalue weighted by Crippen LogP contribution is 2.46. The van der Waals surface area contributed by atoms with Gasteiger partial charge >= 0.3 is 0 Å². The number of aliphatic hydroxyl groups is 3. The molecule has 1 fully saturated rings. The van der Waals surface area contributed by atoms with E-state index in [1.165, 1.54) is 12.1 Å². The van der Waals surface area contributed by atoms with Crippen LogP contribution in [0.25, 0.3) is 38.0 Å². The quantitative estimate of drug-likeness (QED) is 0.0467. The number of hydrogen-bond donors (Lipinski definition) is 3. The summed E-state index contributed by atoms with van der Waals surface area (Å²) < 4.78 is 52.7. The van der Waals surface area contributed by atoms with Crippen molar-refractivity contribution in [2.24, 2.45) is 0 Å². The van der Waals surface area contributed by atoms with Gasteiger partial charge in [0.1, 0.15) is 24.7 Å². The van der Waals surface area contributed by atoms with E-state index < -0.39 is 24.0 Å². The van der Waals surface area contributed by atoms with E-state index in [0.29, 0.717) is 78.3 Å². The first-order valence-electron chi connectivity index (χ1n) is 19.7. The molecule has 0 bridgehead atoms. The fourth-order valence-electron chi connectivity index (χ4n) is 6.88. The molecule has 1 unspecified atom stereocenters. The van der Waals surface area contributed by atoms with Crippen LogP contribution in [0, 0.1) is 18.6 Å². The van der Waals surface area contributed by atoms with Gasteiger partial charge in [-0.05, 0) is 99.4 Å². The second-order valence-corrected chi connectivity index (χ2v) is 15.7. The van der Waals surface area contributed by atoms with Crippen LogP contribution in [0.5, 0.6) is 11.6 Å². The van der Waals surface area contributed by atoms with Crippen LogP contribution in [0.1, 0.15) is 44.3 Å². The van der Waals surface area contributed by atoms with Crippen LogP contribution in [0.3, 0.4) is 0 Å². The number of fused-ring (bicyclic) bond motifs is 1. The lowest BCUT2D eigenvalue weighted by molar-refractivity contribution is -0.111. The number of nitrogens with zero attached hydrogens (tertiary/aromatic N) is 6. The number of rotatable bonds is 17. The van der Waals surface area contributed by atoms with E-state index in [1.54, 1.807) is 57.4 Å². The Morgan fingerprint density at radius 2 is 1.82 bits per heavy atom. The van der Waals surface area contributed by atoms with E-state index in [4.69, 9.17) is 30.8 Å². The van der Waals surface area contributed by atoms with Gasteiger partial charge in [0.15, 0.2) is 29.9 Å². The molecule has 322 valence electrons. The van der Waals surface area contributed by atoms with E-state index in [-0.39, 0.29) is 30.2 Å². The number of halogens is 3. The van der Waals surface area contributed by atoms with E-state index >= 15 is 0 Å². The maximum absolute atomic E-state index is 14.8. The molecule has 1 saturated heterocycles. The number of piperazine rings is 1. The molecular weight excluding hydrogens is 826 g/mol. The van der Waals surface area contributed by atoms with Crippen LogP contribution in [0.4, 0.5) is 8.78 Å². The van der Waals surface area contributed by atoms with E-state index in [0.717, 1.165) is 56.4 Å². The lowest BCUT2D eigenvalue weighted by Gasteiger charge is -2.32. The Morgan fingerprint density at radius 1 is 1.05 bits per heavy atom. The summed E-state index contributed by atoms with van der Waals surface area (Å²) in [5.74, 6) is -0.706. The number of allylic oxidation sites excluding steroid dienone is 5. The largest absolute Gasteiger partial charge is 0.508 e. The van der Waals surface area contributed by atoms with Crippen LogP contribution < -0.4 is 9.47 Å². The van der Waals surface area contributed by atoms with E-state index in [9.17, 15) is 24.1 Å². The molecule has 6 rings (SSSR count). The molecule has 0 aliphatic carbocycles. The maximum Gasteiger partial charge on any atom is 0.234 e. The molecule has 61 heavy (non-hydrogen) atoms. The van der Waals surface area contributed by atoms with Crippen molar-refractivity contribution in [1.29, 1.82) is 0 Å². The zero-order valence-corrected chi connectivity index (χ0v) is 36.2. The zero-order valence-electron chi connectivity index (χ0n) is 34.7. The summed E-state index contributed by atoms with van der Waals surface area (Å²) in [5.41, 5.74) is 3.82. The van der Waals surface area contributed by atoms with Gasteiger partial charge in [0.2, 0.25) is 5.88 Å². The molecule has 3 aromatic heterocycles. The third-order valence-corrected chi connectivity index (χ3v) is 11.7. The summed E-state index contributed by atoms with van der Waals surface area (Å²) in [5, 5.41) is 32.5. The topological polar surface area (TPSA) is 146 Å². The van der Waals surface area contributed by atoms with Gasteiger partial charge in [-0.1, -0.05) is 36.4 Å². The number of aliphatic hydroxyl groups excluding tert-OH is 2. The fraction of sp³-hybridized carbons (Fsp3) is 0.333. The number of likely N-dealkylation sites (N-methyl/N-ethyl adjacent to an activating group) is 1. The molecule has 0 spiro atoms. The average Bonchev–Trinajstić information content (AvgIpc) is 3.67. The van der Waals surface area contributed by atoms with Gasteiger partial charge in [-0.2, -0.15) is 4.37 Å². The summed E-state index contributed by atoms with van der Waals surface area (Å²) in [6, 6.07) is 8.81. The molecule has 0 radical (unpaired) electrons. The molecule has 1 aliphatic rings. The molecule has 16 heteroatoms. The Balaban J connectivity index is 1.32. The minimum Gasteiger partial charge on any atom is -0.508 e. The first-order valence-corrected chi connectivity index (χ1v) is 20.9. The van der Waals surface area contributed by atoms with Gasteiger partial charge in [-0.15, -0.1) is 0 Å². The van der Waals surface area contributed by atoms with Crippen molar-refractivity contribution >= 4 is 38.8 Å². The monoisotopic (exact) mass is 874 g/mol. The van der Waals surface area contributed by atoms with Gasteiger partial charge < -0.3 is 34.4 Å². The van der Waals surface area contributed by atoms with Crippen LogP contribution >= 0.6 is 23.1 Å². The Hall–Kier alpha value is -5.29. The molecule has 4 heterocycles. The molecular formula is C45H49ClF2N6O6S. The van der Waals surface area contributed by atoms with Crippen molar-refractivity contribution in [2.45, 2.75) is 53.1 Å². The molecule has 3 N–H and O–H groups in total. The van der Waals surface area contributed by atoms with Gasteiger partial charge in [0.25, 0.3) is 0 Å². The highest BCUT2D eigenvalue weighted by molar-refractivity contribution is 7.13. The normalized spacial score (nSPS) is 15.3. The maximum atomic E-state index is 14.8. The standard InChI is InChI=1S/C45H49ClF2N6O6S/c1-7-28(27(5)59-25-30-14-15-49-43(51-30)31(8-2)35(55)9-3)23-37(45(56)57)60-44-40-38(61-52-44)24-50-42(29-10-12-33(47)34(48)22-29)39(40)32-11-13-36(41(46)26(32)4)58-21-20-54-18-16-53(6)17-19-54/h7-15,22,24,37,45,55-57H,1,16-21,23,25H2,2-6H3/b28-27-,31-8+,35-9+.